The predicted molar refractivity (Wildman–Crippen MR) is 49.7 cm³/mol. The Morgan fingerprint density at radius 2 is 2.42 bits per heavy atom. The number of hydrogen-bond acceptors (Lipinski definition) is 2. The summed E-state index contributed by atoms with van der Waals surface area (Å²) in [6.45, 7) is 3.25. The molecular formula is C10H18N2. The maximum absolute atomic E-state index is 8.76. The van der Waals surface area contributed by atoms with Gasteiger partial charge in [0.1, 0.15) is 0 Å². The SMILES string of the molecule is CCCCC1CC(C#N)CCN1. The Morgan fingerprint density at radius 1 is 1.58 bits per heavy atom. The van der Waals surface area contributed by atoms with Crippen LogP contribution in [0.1, 0.15) is 39.0 Å². The summed E-state index contributed by atoms with van der Waals surface area (Å²) in [5, 5.41) is 12.2. The Balaban J connectivity index is 2.22. The van der Waals surface area contributed by atoms with Crippen LogP contribution in [0, 0.1) is 17.2 Å². The van der Waals surface area contributed by atoms with E-state index in [-0.39, 0.29) is 0 Å². The van der Waals surface area contributed by atoms with Crippen LogP contribution in [0.25, 0.3) is 0 Å². The highest BCUT2D eigenvalue weighted by atomic mass is 14.9. The molecule has 2 heteroatoms. The van der Waals surface area contributed by atoms with Crippen molar-refractivity contribution in [1.82, 2.24) is 5.32 Å². The average molecular weight is 166 g/mol. The number of hydrogen-bond donors (Lipinski definition) is 1. The number of nitrogens with one attached hydrogen (secondary N) is 1. The van der Waals surface area contributed by atoms with Gasteiger partial charge in [0.2, 0.25) is 0 Å². The summed E-state index contributed by atoms with van der Waals surface area (Å²) >= 11 is 0. The Hall–Kier alpha value is -0.550. The van der Waals surface area contributed by atoms with Crippen molar-refractivity contribution in [2.24, 2.45) is 5.92 Å². The molecule has 1 fully saturated rings. The molecule has 0 radical (unpaired) electrons. The first-order valence-electron chi connectivity index (χ1n) is 4.99. The predicted octanol–water partition coefficient (Wildman–Crippen LogP) is 2.07. The van der Waals surface area contributed by atoms with E-state index >= 15 is 0 Å². The van der Waals surface area contributed by atoms with E-state index in [9.17, 15) is 0 Å². The van der Waals surface area contributed by atoms with Crippen LogP contribution in [0.15, 0.2) is 0 Å². The topological polar surface area (TPSA) is 35.8 Å². The van der Waals surface area contributed by atoms with Crippen molar-refractivity contribution in [3.05, 3.63) is 0 Å². The monoisotopic (exact) mass is 166 g/mol. The number of nitrogens with zero attached hydrogens (tertiary/aromatic N) is 1. The van der Waals surface area contributed by atoms with E-state index in [0.717, 1.165) is 19.4 Å². The van der Waals surface area contributed by atoms with Gasteiger partial charge in [-0.15, -0.1) is 0 Å². The molecule has 0 aromatic rings. The molecular weight excluding hydrogens is 148 g/mol. The molecule has 0 aromatic heterocycles. The Labute approximate surface area is 75.0 Å². The van der Waals surface area contributed by atoms with Gasteiger partial charge in [-0.3, -0.25) is 0 Å². The minimum atomic E-state index is 0.313. The summed E-state index contributed by atoms with van der Waals surface area (Å²) in [5.74, 6) is 0.313. The number of unbranched alkanes of at least 4 members (excludes halogenated alkanes) is 1. The summed E-state index contributed by atoms with van der Waals surface area (Å²) < 4.78 is 0. The summed E-state index contributed by atoms with van der Waals surface area (Å²) in [6, 6.07) is 2.98. The van der Waals surface area contributed by atoms with Gasteiger partial charge in [0, 0.05) is 12.0 Å². The van der Waals surface area contributed by atoms with Gasteiger partial charge in [0.15, 0.2) is 0 Å². The van der Waals surface area contributed by atoms with Crippen LogP contribution in [0.4, 0.5) is 0 Å². The highest BCUT2D eigenvalue weighted by Gasteiger charge is 2.19. The lowest BCUT2D eigenvalue weighted by Crippen LogP contribution is -2.37. The largest absolute Gasteiger partial charge is 0.314 e. The summed E-state index contributed by atoms with van der Waals surface area (Å²) in [5.41, 5.74) is 0. The Kier molecular flexibility index (Phi) is 4.10. The normalized spacial score (nSPS) is 29.7. The summed E-state index contributed by atoms with van der Waals surface area (Å²) in [6.07, 6.45) is 5.90. The molecule has 1 heterocycles. The van der Waals surface area contributed by atoms with Crippen LogP contribution in [0.2, 0.25) is 0 Å². The van der Waals surface area contributed by atoms with Gasteiger partial charge in [0.05, 0.1) is 6.07 Å². The van der Waals surface area contributed by atoms with Crippen molar-refractivity contribution < 1.29 is 0 Å². The van der Waals surface area contributed by atoms with E-state index in [0.29, 0.717) is 12.0 Å². The summed E-state index contributed by atoms with van der Waals surface area (Å²) in [4.78, 5) is 0. The zero-order chi connectivity index (χ0) is 8.81. The molecule has 12 heavy (non-hydrogen) atoms. The van der Waals surface area contributed by atoms with E-state index in [4.69, 9.17) is 5.26 Å². The molecule has 0 spiro atoms. The molecule has 1 saturated heterocycles. The lowest BCUT2D eigenvalue weighted by atomic mass is 9.91. The van der Waals surface area contributed by atoms with Crippen molar-refractivity contribution in [2.45, 2.75) is 45.1 Å². The van der Waals surface area contributed by atoms with E-state index < -0.39 is 0 Å². The number of piperidine rings is 1. The Bertz CT molecular complexity index is 160. The third kappa shape index (κ3) is 2.83. The number of nitriles is 1. The zero-order valence-electron chi connectivity index (χ0n) is 7.84. The molecule has 1 aliphatic rings. The molecule has 2 nitrogen and oxygen atoms in total. The van der Waals surface area contributed by atoms with Crippen molar-refractivity contribution in [3.63, 3.8) is 0 Å². The van der Waals surface area contributed by atoms with Gasteiger partial charge in [-0.05, 0) is 25.8 Å². The lowest BCUT2D eigenvalue weighted by Gasteiger charge is -2.26. The fraction of sp³-hybridized carbons (Fsp3) is 0.900. The summed E-state index contributed by atoms with van der Waals surface area (Å²) in [7, 11) is 0. The molecule has 1 rings (SSSR count). The highest BCUT2D eigenvalue weighted by molar-refractivity contribution is 4.90. The third-order valence-corrected chi connectivity index (χ3v) is 2.58. The molecule has 1 aliphatic heterocycles. The maximum Gasteiger partial charge on any atom is 0.0656 e. The number of rotatable bonds is 3. The highest BCUT2D eigenvalue weighted by Crippen LogP contribution is 2.18. The van der Waals surface area contributed by atoms with Gasteiger partial charge >= 0.3 is 0 Å². The van der Waals surface area contributed by atoms with E-state index in [1.807, 2.05) is 0 Å². The standard InChI is InChI=1S/C10H18N2/c1-2-3-4-10-7-9(8-11)5-6-12-10/h9-10,12H,2-7H2,1H3. The first-order chi connectivity index (χ1) is 5.86. The van der Waals surface area contributed by atoms with Gasteiger partial charge in [0.25, 0.3) is 0 Å². The molecule has 0 aliphatic carbocycles. The Morgan fingerprint density at radius 3 is 3.08 bits per heavy atom. The van der Waals surface area contributed by atoms with Crippen LogP contribution in [-0.2, 0) is 0 Å². The first kappa shape index (κ1) is 9.54. The lowest BCUT2D eigenvalue weighted by molar-refractivity contribution is 0.329. The van der Waals surface area contributed by atoms with Gasteiger partial charge in [-0.25, -0.2) is 0 Å². The second-order valence-electron chi connectivity index (χ2n) is 3.64. The van der Waals surface area contributed by atoms with Crippen LogP contribution in [-0.4, -0.2) is 12.6 Å². The molecule has 2 atom stereocenters. The molecule has 0 amide bonds. The molecule has 0 aromatic carbocycles. The van der Waals surface area contributed by atoms with Crippen molar-refractivity contribution in [3.8, 4) is 6.07 Å². The van der Waals surface area contributed by atoms with E-state index in [2.05, 4.69) is 18.3 Å². The molecule has 2 unspecified atom stereocenters. The van der Waals surface area contributed by atoms with Gasteiger partial charge in [-0.1, -0.05) is 19.8 Å². The smallest absolute Gasteiger partial charge is 0.0656 e. The van der Waals surface area contributed by atoms with Gasteiger partial charge in [-0.2, -0.15) is 5.26 Å². The van der Waals surface area contributed by atoms with Crippen molar-refractivity contribution in [1.29, 1.82) is 5.26 Å². The molecule has 0 saturated carbocycles. The van der Waals surface area contributed by atoms with Crippen molar-refractivity contribution in [2.75, 3.05) is 6.54 Å². The van der Waals surface area contributed by atoms with Gasteiger partial charge < -0.3 is 5.32 Å². The average Bonchev–Trinajstić information content (AvgIpc) is 2.15. The minimum Gasteiger partial charge on any atom is -0.314 e. The first-order valence-corrected chi connectivity index (χ1v) is 4.99. The molecule has 0 bridgehead atoms. The second kappa shape index (κ2) is 5.16. The molecule has 1 N–H and O–H groups in total. The van der Waals surface area contributed by atoms with E-state index in [1.165, 1.54) is 19.3 Å². The fourth-order valence-corrected chi connectivity index (χ4v) is 1.79. The van der Waals surface area contributed by atoms with E-state index in [1.54, 1.807) is 0 Å². The van der Waals surface area contributed by atoms with Crippen LogP contribution in [0.3, 0.4) is 0 Å². The fourth-order valence-electron chi connectivity index (χ4n) is 1.79. The van der Waals surface area contributed by atoms with Crippen LogP contribution >= 0.6 is 0 Å². The minimum absolute atomic E-state index is 0.313. The second-order valence-corrected chi connectivity index (χ2v) is 3.64. The zero-order valence-corrected chi connectivity index (χ0v) is 7.84. The quantitative estimate of drug-likeness (QED) is 0.696. The van der Waals surface area contributed by atoms with Crippen LogP contribution in [0.5, 0.6) is 0 Å². The van der Waals surface area contributed by atoms with Crippen molar-refractivity contribution >= 4 is 0 Å². The maximum atomic E-state index is 8.76. The van der Waals surface area contributed by atoms with Crippen LogP contribution < -0.4 is 5.32 Å². The third-order valence-electron chi connectivity index (χ3n) is 2.58. The molecule has 68 valence electrons.